The lowest BCUT2D eigenvalue weighted by Crippen LogP contribution is -2.40. The normalized spacial score (nSPS) is 18.6. The quantitative estimate of drug-likeness (QED) is 0.647. The van der Waals surface area contributed by atoms with Gasteiger partial charge in [0.05, 0.1) is 33.0 Å². The smallest absolute Gasteiger partial charge is 0.309 e. The molecule has 1 aromatic carbocycles. The van der Waals surface area contributed by atoms with E-state index in [9.17, 15) is 13.2 Å². The number of esters is 1. The molecule has 0 saturated carbocycles. The molecule has 1 saturated heterocycles. The fraction of sp³-hybridized carbons (Fsp3) is 0.588. The Morgan fingerprint density at radius 1 is 1.28 bits per heavy atom. The Hall–Kier alpha value is -1.80. The van der Waals surface area contributed by atoms with Crippen LogP contribution < -0.4 is 9.47 Å². The van der Waals surface area contributed by atoms with E-state index in [2.05, 4.69) is 0 Å². The molecule has 1 aliphatic rings. The average Bonchev–Trinajstić information content (AvgIpc) is 2.60. The first kappa shape index (κ1) is 19.5. The van der Waals surface area contributed by atoms with Crippen molar-refractivity contribution in [3.63, 3.8) is 0 Å². The predicted molar refractivity (Wildman–Crippen MR) is 93.2 cm³/mol. The van der Waals surface area contributed by atoms with Crippen LogP contribution in [0.5, 0.6) is 11.5 Å². The van der Waals surface area contributed by atoms with Gasteiger partial charge in [0.2, 0.25) is 10.0 Å². The molecule has 140 valence electrons. The maximum Gasteiger partial charge on any atom is 0.309 e. The maximum atomic E-state index is 11.8. The second-order valence-electron chi connectivity index (χ2n) is 6.06. The molecule has 0 unspecified atom stereocenters. The highest BCUT2D eigenvalue weighted by molar-refractivity contribution is 7.88. The van der Waals surface area contributed by atoms with Crippen LogP contribution in [0.1, 0.15) is 19.3 Å². The molecule has 8 heteroatoms. The van der Waals surface area contributed by atoms with Crippen molar-refractivity contribution in [3.05, 3.63) is 24.3 Å². The summed E-state index contributed by atoms with van der Waals surface area (Å²) in [4.78, 5) is 11.8. The summed E-state index contributed by atoms with van der Waals surface area (Å²) in [5.41, 5.74) is 0. The summed E-state index contributed by atoms with van der Waals surface area (Å²) in [6.45, 7) is 1.37. The van der Waals surface area contributed by atoms with Crippen molar-refractivity contribution in [1.82, 2.24) is 4.31 Å². The topological polar surface area (TPSA) is 82.1 Å². The summed E-state index contributed by atoms with van der Waals surface area (Å²) >= 11 is 0. The molecule has 2 rings (SSSR count). The number of para-hydroxylation sites is 2. The molecule has 0 aliphatic carbocycles. The Balaban J connectivity index is 1.70. The fourth-order valence-corrected chi connectivity index (χ4v) is 3.67. The van der Waals surface area contributed by atoms with Crippen LogP contribution in [0.3, 0.4) is 0 Å². The van der Waals surface area contributed by atoms with Gasteiger partial charge in [-0.25, -0.2) is 12.7 Å². The third-order valence-electron chi connectivity index (χ3n) is 4.06. The number of sulfonamides is 1. The van der Waals surface area contributed by atoms with E-state index in [4.69, 9.17) is 14.2 Å². The number of carbonyl (C=O) groups excluding carboxylic acids is 1. The molecule has 1 aromatic rings. The largest absolute Gasteiger partial charge is 0.493 e. The molecular weight excluding hydrogens is 346 g/mol. The Morgan fingerprint density at radius 3 is 2.68 bits per heavy atom. The van der Waals surface area contributed by atoms with E-state index >= 15 is 0 Å². The Labute approximate surface area is 148 Å². The molecule has 1 heterocycles. The monoisotopic (exact) mass is 371 g/mol. The number of rotatable bonds is 8. The number of methoxy groups -OCH3 is 1. The van der Waals surface area contributed by atoms with Crippen LogP contribution in [-0.2, 0) is 19.6 Å². The molecule has 0 amide bonds. The second kappa shape index (κ2) is 9.05. The summed E-state index contributed by atoms with van der Waals surface area (Å²) in [7, 11) is -1.63. The first-order valence-electron chi connectivity index (χ1n) is 8.26. The molecule has 0 N–H and O–H groups in total. The maximum absolute atomic E-state index is 11.8. The third-order valence-corrected chi connectivity index (χ3v) is 5.33. The summed E-state index contributed by atoms with van der Waals surface area (Å²) in [6, 6.07) is 7.22. The van der Waals surface area contributed by atoms with Gasteiger partial charge in [-0.15, -0.1) is 0 Å². The van der Waals surface area contributed by atoms with Crippen molar-refractivity contribution >= 4 is 16.0 Å². The zero-order valence-electron chi connectivity index (χ0n) is 14.6. The number of nitrogens with zero attached hydrogens (tertiary/aromatic N) is 1. The standard InChI is InChI=1S/C17H25NO6S/c1-22-15-7-3-4-8-16(15)23-11-9-17(19)24-13-14-6-5-10-18(12-14)25(2,20)21/h3-4,7-8,14H,5-6,9-13H2,1-2H3/t14-/m1/s1. The third kappa shape index (κ3) is 6.21. The van der Waals surface area contributed by atoms with Gasteiger partial charge in [0.15, 0.2) is 11.5 Å². The number of benzene rings is 1. The molecule has 25 heavy (non-hydrogen) atoms. The van der Waals surface area contributed by atoms with E-state index in [-0.39, 0.29) is 31.5 Å². The van der Waals surface area contributed by atoms with Crippen LogP contribution >= 0.6 is 0 Å². The number of ether oxygens (including phenoxy) is 3. The van der Waals surface area contributed by atoms with E-state index in [0.29, 0.717) is 24.6 Å². The van der Waals surface area contributed by atoms with E-state index in [1.807, 2.05) is 12.1 Å². The Kier molecular flexibility index (Phi) is 7.07. The minimum absolute atomic E-state index is 0.0440. The Morgan fingerprint density at radius 2 is 2.00 bits per heavy atom. The van der Waals surface area contributed by atoms with Gasteiger partial charge in [-0.05, 0) is 25.0 Å². The molecule has 0 radical (unpaired) electrons. The van der Waals surface area contributed by atoms with Crippen LogP contribution in [0.15, 0.2) is 24.3 Å². The zero-order chi connectivity index (χ0) is 18.3. The van der Waals surface area contributed by atoms with Gasteiger partial charge in [-0.1, -0.05) is 12.1 Å². The highest BCUT2D eigenvalue weighted by atomic mass is 32.2. The van der Waals surface area contributed by atoms with Crippen molar-refractivity contribution < 1.29 is 27.4 Å². The molecule has 0 spiro atoms. The minimum atomic E-state index is -3.19. The van der Waals surface area contributed by atoms with E-state index in [1.54, 1.807) is 19.2 Å². The van der Waals surface area contributed by atoms with Gasteiger partial charge in [-0.2, -0.15) is 0 Å². The van der Waals surface area contributed by atoms with Gasteiger partial charge in [0, 0.05) is 19.0 Å². The minimum Gasteiger partial charge on any atom is -0.493 e. The summed E-state index contributed by atoms with van der Waals surface area (Å²) in [5.74, 6) is 0.877. The van der Waals surface area contributed by atoms with Gasteiger partial charge in [0.25, 0.3) is 0 Å². The lowest BCUT2D eigenvalue weighted by atomic mass is 10.0. The van der Waals surface area contributed by atoms with Gasteiger partial charge in [-0.3, -0.25) is 4.79 Å². The van der Waals surface area contributed by atoms with E-state index in [0.717, 1.165) is 12.8 Å². The van der Waals surface area contributed by atoms with Gasteiger partial charge in [0.1, 0.15) is 0 Å². The average molecular weight is 371 g/mol. The molecule has 0 bridgehead atoms. The molecular formula is C17H25NO6S. The first-order valence-corrected chi connectivity index (χ1v) is 10.1. The molecule has 1 fully saturated rings. The van der Waals surface area contributed by atoms with E-state index in [1.165, 1.54) is 10.6 Å². The number of piperidine rings is 1. The van der Waals surface area contributed by atoms with Gasteiger partial charge >= 0.3 is 5.97 Å². The Bertz CT molecular complexity index is 675. The SMILES string of the molecule is COc1ccccc1OCCC(=O)OC[C@@H]1CCCN(S(C)(=O)=O)C1. The molecule has 1 atom stereocenters. The van der Waals surface area contributed by atoms with Crippen molar-refractivity contribution in [3.8, 4) is 11.5 Å². The van der Waals surface area contributed by atoms with Crippen molar-refractivity contribution in [1.29, 1.82) is 0 Å². The molecule has 7 nitrogen and oxygen atoms in total. The number of hydrogen-bond donors (Lipinski definition) is 0. The predicted octanol–water partition coefficient (Wildman–Crippen LogP) is 1.68. The van der Waals surface area contributed by atoms with Crippen LogP contribution in [0.25, 0.3) is 0 Å². The van der Waals surface area contributed by atoms with Gasteiger partial charge < -0.3 is 14.2 Å². The summed E-state index contributed by atoms with van der Waals surface area (Å²) in [6.07, 6.45) is 2.97. The summed E-state index contributed by atoms with van der Waals surface area (Å²) < 4.78 is 40.6. The van der Waals surface area contributed by atoms with Crippen molar-refractivity contribution in [2.75, 3.05) is 39.7 Å². The van der Waals surface area contributed by atoms with Crippen LogP contribution in [-0.4, -0.2) is 58.4 Å². The zero-order valence-corrected chi connectivity index (χ0v) is 15.5. The first-order chi connectivity index (χ1) is 11.9. The van der Waals surface area contributed by atoms with E-state index < -0.39 is 10.0 Å². The lowest BCUT2D eigenvalue weighted by molar-refractivity contribution is -0.145. The van der Waals surface area contributed by atoms with Crippen LogP contribution in [0.4, 0.5) is 0 Å². The molecule has 1 aliphatic heterocycles. The summed E-state index contributed by atoms with van der Waals surface area (Å²) in [5, 5.41) is 0. The van der Waals surface area contributed by atoms with Crippen LogP contribution in [0.2, 0.25) is 0 Å². The highest BCUT2D eigenvalue weighted by Crippen LogP contribution is 2.25. The number of carbonyl (C=O) groups is 1. The highest BCUT2D eigenvalue weighted by Gasteiger charge is 2.26. The lowest BCUT2D eigenvalue weighted by Gasteiger charge is -2.30. The second-order valence-corrected chi connectivity index (χ2v) is 8.04. The number of hydrogen-bond acceptors (Lipinski definition) is 6. The van der Waals surface area contributed by atoms with Crippen LogP contribution in [0, 0.1) is 5.92 Å². The fourth-order valence-electron chi connectivity index (χ4n) is 2.73. The van der Waals surface area contributed by atoms with Crippen molar-refractivity contribution in [2.45, 2.75) is 19.3 Å². The molecule has 0 aromatic heterocycles. The van der Waals surface area contributed by atoms with Crippen molar-refractivity contribution in [2.24, 2.45) is 5.92 Å².